The number of fused-ring (bicyclic) bond motifs is 1. The van der Waals surface area contributed by atoms with E-state index in [0.29, 0.717) is 6.04 Å². The molecule has 2 heteroatoms. The van der Waals surface area contributed by atoms with Crippen LogP contribution in [-0.2, 0) is 5.75 Å². The Morgan fingerprint density at radius 2 is 2.12 bits per heavy atom. The van der Waals surface area contributed by atoms with Crippen LogP contribution in [0.3, 0.4) is 0 Å². The number of benzene rings is 1. The highest BCUT2D eigenvalue weighted by atomic mass is 32.2. The fraction of sp³-hybridized carbons (Fsp3) is 0.571. The summed E-state index contributed by atoms with van der Waals surface area (Å²) in [6, 6.07) is 9.49. The smallest absolute Gasteiger partial charge is 0.0415 e. The molecular weight excluding hydrogens is 214 g/mol. The van der Waals surface area contributed by atoms with Gasteiger partial charge < -0.3 is 5.32 Å². The van der Waals surface area contributed by atoms with E-state index in [0.717, 1.165) is 5.92 Å². The van der Waals surface area contributed by atoms with Crippen LogP contribution in [0.2, 0.25) is 0 Å². The van der Waals surface area contributed by atoms with Crippen molar-refractivity contribution in [1.29, 1.82) is 0 Å². The Bertz CT molecular complexity index is 360. The van der Waals surface area contributed by atoms with Crippen LogP contribution in [0, 0.1) is 5.92 Å². The second-order valence-corrected chi connectivity index (χ2v) is 5.98. The Balaban J connectivity index is 1.62. The first kappa shape index (κ1) is 10.7. The molecule has 1 nitrogen and oxygen atoms in total. The van der Waals surface area contributed by atoms with Crippen LogP contribution in [0.5, 0.6) is 0 Å². The van der Waals surface area contributed by atoms with Gasteiger partial charge in [0.25, 0.3) is 0 Å². The molecule has 0 radical (unpaired) electrons. The van der Waals surface area contributed by atoms with Gasteiger partial charge in [0.2, 0.25) is 0 Å². The fourth-order valence-corrected chi connectivity index (χ4v) is 3.55. The van der Waals surface area contributed by atoms with E-state index in [2.05, 4.69) is 41.3 Å². The molecule has 1 fully saturated rings. The minimum absolute atomic E-state index is 0.591. The zero-order valence-corrected chi connectivity index (χ0v) is 10.4. The number of hydrogen-bond acceptors (Lipinski definition) is 2. The van der Waals surface area contributed by atoms with Crippen molar-refractivity contribution in [1.82, 2.24) is 5.32 Å². The lowest BCUT2D eigenvalue weighted by molar-refractivity contribution is 0.540. The average Bonchev–Trinajstić information content (AvgIpc) is 3.13. The lowest BCUT2D eigenvalue weighted by Crippen LogP contribution is -2.27. The van der Waals surface area contributed by atoms with Gasteiger partial charge in [0.15, 0.2) is 0 Å². The molecule has 1 N–H and O–H groups in total. The Kier molecular flexibility index (Phi) is 3.20. The van der Waals surface area contributed by atoms with Gasteiger partial charge in [0.1, 0.15) is 0 Å². The van der Waals surface area contributed by atoms with Gasteiger partial charge in [-0.05, 0) is 30.0 Å². The van der Waals surface area contributed by atoms with Crippen LogP contribution in [0.15, 0.2) is 24.3 Å². The zero-order valence-electron chi connectivity index (χ0n) is 9.61. The Morgan fingerprint density at radius 1 is 1.25 bits per heavy atom. The summed E-state index contributed by atoms with van der Waals surface area (Å²) in [4.78, 5) is 0. The largest absolute Gasteiger partial charge is 0.309 e. The van der Waals surface area contributed by atoms with E-state index in [1.807, 2.05) is 0 Å². The molecule has 0 aromatic heterocycles. The van der Waals surface area contributed by atoms with E-state index >= 15 is 0 Å². The molecule has 0 saturated heterocycles. The van der Waals surface area contributed by atoms with Crippen molar-refractivity contribution in [2.45, 2.75) is 31.1 Å². The van der Waals surface area contributed by atoms with Crippen molar-refractivity contribution in [2.24, 2.45) is 5.92 Å². The summed E-state index contributed by atoms with van der Waals surface area (Å²) < 4.78 is 0. The van der Waals surface area contributed by atoms with Crippen molar-refractivity contribution in [3.05, 3.63) is 35.4 Å². The minimum Gasteiger partial charge on any atom is -0.309 e. The van der Waals surface area contributed by atoms with Gasteiger partial charge >= 0.3 is 0 Å². The highest BCUT2D eigenvalue weighted by Gasteiger charge is 2.23. The van der Waals surface area contributed by atoms with E-state index in [-0.39, 0.29) is 0 Å². The monoisotopic (exact) mass is 233 g/mol. The zero-order chi connectivity index (χ0) is 10.8. The minimum atomic E-state index is 0.591. The molecular formula is C14H19NS. The van der Waals surface area contributed by atoms with Gasteiger partial charge in [-0.2, -0.15) is 11.8 Å². The first-order chi connectivity index (χ1) is 7.93. The fourth-order valence-electron chi connectivity index (χ4n) is 2.42. The van der Waals surface area contributed by atoms with Crippen molar-refractivity contribution in [2.75, 3.05) is 12.3 Å². The third-order valence-corrected chi connectivity index (χ3v) is 4.70. The third kappa shape index (κ3) is 2.44. The molecule has 0 amide bonds. The van der Waals surface area contributed by atoms with E-state index in [1.165, 1.54) is 48.4 Å². The van der Waals surface area contributed by atoms with E-state index < -0.39 is 0 Å². The molecule has 0 bridgehead atoms. The van der Waals surface area contributed by atoms with Crippen LogP contribution in [0.25, 0.3) is 0 Å². The topological polar surface area (TPSA) is 12.0 Å². The summed E-state index contributed by atoms with van der Waals surface area (Å²) in [7, 11) is 0. The first-order valence-corrected chi connectivity index (χ1v) is 7.48. The van der Waals surface area contributed by atoms with E-state index in [9.17, 15) is 0 Å². The van der Waals surface area contributed by atoms with E-state index in [4.69, 9.17) is 0 Å². The average molecular weight is 233 g/mol. The lowest BCUT2D eigenvalue weighted by Gasteiger charge is -2.26. The second-order valence-electron chi connectivity index (χ2n) is 4.95. The van der Waals surface area contributed by atoms with Gasteiger partial charge in [-0.25, -0.2) is 0 Å². The Morgan fingerprint density at radius 3 is 3.00 bits per heavy atom. The number of nitrogens with one attached hydrogen (secondary N) is 1. The predicted molar refractivity (Wildman–Crippen MR) is 70.7 cm³/mol. The third-order valence-electron chi connectivity index (χ3n) is 3.61. The summed E-state index contributed by atoms with van der Waals surface area (Å²) in [6.07, 6.45) is 4.32. The molecule has 1 atom stereocenters. The van der Waals surface area contributed by atoms with Crippen LogP contribution >= 0.6 is 11.8 Å². The summed E-state index contributed by atoms with van der Waals surface area (Å²) in [5.74, 6) is 3.47. The number of rotatable bonds is 4. The van der Waals surface area contributed by atoms with Crippen molar-refractivity contribution in [3.8, 4) is 0 Å². The molecule has 1 heterocycles. The maximum atomic E-state index is 3.73. The SMILES string of the molecule is c1ccc2c(c1)CSCC2NCCC1CC1. The van der Waals surface area contributed by atoms with Crippen LogP contribution < -0.4 is 5.32 Å². The predicted octanol–water partition coefficient (Wildman–Crippen LogP) is 3.36. The highest BCUT2D eigenvalue weighted by Crippen LogP contribution is 2.33. The van der Waals surface area contributed by atoms with Crippen molar-refractivity contribution < 1.29 is 0 Å². The maximum Gasteiger partial charge on any atom is 0.0415 e. The second kappa shape index (κ2) is 4.80. The Labute approximate surface area is 102 Å². The van der Waals surface area contributed by atoms with Crippen molar-refractivity contribution >= 4 is 11.8 Å². The molecule has 16 heavy (non-hydrogen) atoms. The first-order valence-electron chi connectivity index (χ1n) is 6.32. The molecule has 3 rings (SSSR count). The van der Waals surface area contributed by atoms with Gasteiger partial charge in [0, 0.05) is 17.5 Å². The summed E-state index contributed by atoms with van der Waals surface area (Å²) in [6.45, 7) is 1.20. The van der Waals surface area contributed by atoms with Gasteiger partial charge in [0.05, 0.1) is 0 Å². The lowest BCUT2D eigenvalue weighted by atomic mass is 10.0. The quantitative estimate of drug-likeness (QED) is 0.856. The number of thioether (sulfide) groups is 1. The Hall–Kier alpha value is -0.470. The normalized spacial score (nSPS) is 24.1. The molecule has 86 valence electrons. The summed E-state index contributed by atoms with van der Waals surface area (Å²) in [5.41, 5.74) is 3.07. The van der Waals surface area contributed by atoms with Crippen molar-refractivity contribution in [3.63, 3.8) is 0 Å². The van der Waals surface area contributed by atoms with Crippen LogP contribution in [0.1, 0.15) is 36.4 Å². The standard InChI is InChI=1S/C14H19NS/c1-2-4-13-12(3-1)9-16-10-14(13)15-8-7-11-5-6-11/h1-4,11,14-15H,5-10H2. The van der Waals surface area contributed by atoms with Crippen LogP contribution in [0.4, 0.5) is 0 Å². The molecule has 2 aliphatic rings. The highest BCUT2D eigenvalue weighted by molar-refractivity contribution is 7.98. The van der Waals surface area contributed by atoms with Crippen LogP contribution in [-0.4, -0.2) is 12.3 Å². The van der Waals surface area contributed by atoms with E-state index in [1.54, 1.807) is 0 Å². The molecule has 0 spiro atoms. The number of hydrogen-bond donors (Lipinski definition) is 1. The summed E-state index contributed by atoms with van der Waals surface area (Å²) in [5, 5.41) is 3.73. The molecule has 1 aromatic rings. The van der Waals surface area contributed by atoms with Gasteiger partial charge in [-0.15, -0.1) is 0 Å². The van der Waals surface area contributed by atoms with Gasteiger partial charge in [-0.3, -0.25) is 0 Å². The molecule has 1 aliphatic carbocycles. The molecule has 1 unspecified atom stereocenters. The molecule has 1 aliphatic heterocycles. The molecule has 1 saturated carbocycles. The summed E-state index contributed by atoms with van der Waals surface area (Å²) >= 11 is 2.06. The molecule has 1 aromatic carbocycles. The van der Waals surface area contributed by atoms with Gasteiger partial charge in [-0.1, -0.05) is 37.1 Å². The maximum absolute atomic E-state index is 3.73.